The van der Waals surface area contributed by atoms with E-state index in [0.29, 0.717) is 0 Å². The molecule has 1 heteroatoms. The third kappa shape index (κ3) is 2.78. The summed E-state index contributed by atoms with van der Waals surface area (Å²) < 4.78 is 5.55. The van der Waals surface area contributed by atoms with E-state index < -0.39 is 0 Å². The number of aryl methyl sites for hydroxylation is 4. The van der Waals surface area contributed by atoms with Crippen LogP contribution in [0.25, 0.3) is 0 Å². The first-order valence-electron chi connectivity index (χ1n) is 7.48. The highest BCUT2D eigenvalue weighted by Gasteiger charge is 2.12. The van der Waals surface area contributed by atoms with Crippen molar-refractivity contribution >= 4 is 0 Å². The molecule has 0 fully saturated rings. The van der Waals surface area contributed by atoms with Gasteiger partial charge in [-0.25, -0.2) is 0 Å². The van der Waals surface area contributed by atoms with Crippen molar-refractivity contribution in [3.63, 3.8) is 0 Å². The zero-order valence-corrected chi connectivity index (χ0v) is 12.4. The summed E-state index contributed by atoms with van der Waals surface area (Å²) in [6.07, 6.45) is 4.57. The fourth-order valence-electron chi connectivity index (χ4n) is 2.97. The summed E-state index contributed by atoms with van der Waals surface area (Å²) >= 11 is 0. The van der Waals surface area contributed by atoms with Gasteiger partial charge in [-0.15, -0.1) is 0 Å². The molecule has 0 amide bonds. The second kappa shape index (κ2) is 5.80. The molecule has 0 heterocycles. The van der Waals surface area contributed by atoms with Crippen molar-refractivity contribution in [3.8, 4) is 0 Å². The third-order valence-electron chi connectivity index (χ3n) is 4.41. The quantitative estimate of drug-likeness (QED) is 0.788. The van der Waals surface area contributed by atoms with Crippen LogP contribution >= 0.6 is 0 Å². The van der Waals surface area contributed by atoms with Crippen LogP contribution in [0.4, 0.5) is 0 Å². The number of ether oxygens (including phenoxy) is 1. The molecule has 4 aliphatic rings. The summed E-state index contributed by atoms with van der Waals surface area (Å²) in [6.45, 7) is 2.14. The van der Waals surface area contributed by atoms with Gasteiger partial charge in [0.05, 0.1) is 6.10 Å². The van der Waals surface area contributed by atoms with Crippen LogP contribution in [0, 0.1) is 0 Å². The van der Waals surface area contributed by atoms with Gasteiger partial charge >= 0.3 is 0 Å². The van der Waals surface area contributed by atoms with Crippen molar-refractivity contribution in [1.82, 2.24) is 0 Å². The van der Waals surface area contributed by atoms with E-state index in [1.807, 2.05) is 0 Å². The van der Waals surface area contributed by atoms with E-state index in [1.165, 1.54) is 27.8 Å². The van der Waals surface area contributed by atoms with Crippen molar-refractivity contribution < 1.29 is 4.74 Å². The van der Waals surface area contributed by atoms with Gasteiger partial charge < -0.3 is 4.74 Å². The molecule has 104 valence electrons. The molecule has 0 spiro atoms. The predicted molar refractivity (Wildman–Crippen MR) is 83.1 cm³/mol. The zero-order valence-electron chi connectivity index (χ0n) is 12.4. The molecule has 0 N–H and O–H groups in total. The Kier molecular flexibility index (Phi) is 3.88. The Bertz CT molecular complexity index is 583. The van der Waals surface area contributed by atoms with Crippen LogP contribution in [0.2, 0.25) is 0 Å². The van der Waals surface area contributed by atoms with Gasteiger partial charge in [0.2, 0.25) is 0 Å². The van der Waals surface area contributed by atoms with E-state index in [1.54, 1.807) is 7.11 Å². The monoisotopic (exact) mass is 266 g/mol. The third-order valence-corrected chi connectivity index (χ3v) is 4.41. The summed E-state index contributed by atoms with van der Waals surface area (Å²) in [6, 6.07) is 16.1. The zero-order chi connectivity index (χ0) is 13.9. The minimum atomic E-state index is 0.175. The lowest BCUT2D eigenvalue weighted by atomic mass is 9.91. The molecule has 0 saturated heterocycles. The highest BCUT2D eigenvalue weighted by molar-refractivity contribution is 5.36. The SMILES string of the molecule is CO[C@@H](C)c1cc2ccc1CCc1ccc(cc1)CC2. The molecule has 4 bridgehead atoms. The van der Waals surface area contributed by atoms with Gasteiger partial charge in [-0.05, 0) is 60.4 Å². The smallest absolute Gasteiger partial charge is 0.0795 e. The van der Waals surface area contributed by atoms with Crippen LogP contribution < -0.4 is 0 Å². The van der Waals surface area contributed by atoms with Gasteiger partial charge in [-0.1, -0.05) is 42.5 Å². The predicted octanol–water partition coefficient (Wildman–Crippen LogP) is 4.28. The van der Waals surface area contributed by atoms with Crippen LogP contribution in [-0.2, 0) is 30.4 Å². The second-order valence-corrected chi connectivity index (χ2v) is 5.73. The Balaban J connectivity index is 1.99. The fourth-order valence-corrected chi connectivity index (χ4v) is 2.97. The Hall–Kier alpha value is -1.60. The molecule has 1 nitrogen and oxygen atoms in total. The molecule has 1 atom stereocenters. The van der Waals surface area contributed by atoms with Crippen LogP contribution in [0.5, 0.6) is 0 Å². The first kappa shape index (κ1) is 13.4. The lowest BCUT2D eigenvalue weighted by molar-refractivity contribution is 0.118. The Morgan fingerprint density at radius 3 is 2.00 bits per heavy atom. The normalized spacial score (nSPS) is 15.7. The highest BCUT2D eigenvalue weighted by Crippen LogP contribution is 2.25. The molecule has 0 radical (unpaired) electrons. The second-order valence-electron chi connectivity index (χ2n) is 5.73. The maximum Gasteiger partial charge on any atom is 0.0795 e. The van der Waals surface area contributed by atoms with Crippen LogP contribution in [-0.4, -0.2) is 7.11 Å². The number of methoxy groups -OCH3 is 1. The summed E-state index contributed by atoms with van der Waals surface area (Å²) in [5.41, 5.74) is 7.05. The fraction of sp³-hybridized carbons (Fsp3) is 0.368. The van der Waals surface area contributed by atoms with Crippen LogP contribution in [0.3, 0.4) is 0 Å². The molecule has 20 heavy (non-hydrogen) atoms. The maximum atomic E-state index is 5.55. The molecule has 2 aromatic carbocycles. The van der Waals surface area contributed by atoms with Gasteiger partial charge in [0.15, 0.2) is 0 Å². The summed E-state index contributed by atoms with van der Waals surface area (Å²) in [5, 5.41) is 0. The van der Waals surface area contributed by atoms with Crippen molar-refractivity contribution in [1.29, 1.82) is 0 Å². The van der Waals surface area contributed by atoms with Gasteiger partial charge in [0.25, 0.3) is 0 Å². The lowest BCUT2D eigenvalue weighted by Crippen LogP contribution is -2.05. The van der Waals surface area contributed by atoms with Gasteiger partial charge in [0.1, 0.15) is 0 Å². The minimum Gasteiger partial charge on any atom is -0.377 e. The number of hydrogen-bond donors (Lipinski definition) is 0. The van der Waals surface area contributed by atoms with E-state index in [2.05, 4.69) is 49.4 Å². The standard InChI is InChI=1S/C19H22O/c1-14(20-2)19-13-17-8-7-15-3-5-16(6-4-15)9-11-18(19)12-10-17/h3-6,10,12-14H,7-9,11H2,1-2H3/t14-/m0/s1. The van der Waals surface area contributed by atoms with Crippen molar-refractivity contribution in [2.24, 2.45) is 0 Å². The average Bonchev–Trinajstić information content (AvgIpc) is 2.49. The minimum absolute atomic E-state index is 0.175. The first-order chi connectivity index (χ1) is 9.76. The number of hydrogen-bond acceptors (Lipinski definition) is 1. The first-order valence-corrected chi connectivity index (χ1v) is 7.48. The summed E-state index contributed by atoms with van der Waals surface area (Å²) in [7, 11) is 1.79. The molecular weight excluding hydrogens is 244 g/mol. The Morgan fingerprint density at radius 2 is 1.35 bits per heavy atom. The number of rotatable bonds is 2. The van der Waals surface area contributed by atoms with Crippen molar-refractivity contribution in [3.05, 3.63) is 70.3 Å². The molecule has 0 aromatic heterocycles. The molecule has 6 rings (SSSR count). The molecular formula is C19H22O. The molecule has 0 unspecified atom stereocenters. The molecule has 2 aromatic rings. The highest BCUT2D eigenvalue weighted by atomic mass is 16.5. The van der Waals surface area contributed by atoms with Gasteiger partial charge in [-0.3, -0.25) is 0 Å². The van der Waals surface area contributed by atoms with Crippen LogP contribution in [0.15, 0.2) is 42.5 Å². The molecule has 0 aliphatic heterocycles. The maximum absolute atomic E-state index is 5.55. The van der Waals surface area contributed by atoms with E-state index >= 15 is 0 Å². The Morgan fingerprint density at radius 1 is 0.800 bits per heavy atom. The summed E-state index contributed by atoms with van der Waals surface area (Å²) in [5.74, 6) is 0. The van der Waals surface area contributed by atoms with Crippen LogP contribution in [0.1, 0.15) is 40.8 Å². The average molecular weight is 266 g/mol. The van der Waals surface area contributed by atoms with E-state index in [0.717, 1.165) is 25.7 Å². The molecule has 4 aliphatic carbocycles. The summed E-state index contributed by atoms with van der Waals surface area (Å²) in [4.78, 5) is 0. The van der Waals surface area contributed by atoms with E-state index in [-0.39, 0.29) is 6.10 Å². The van der Waals surface area contributed by atoms with Crippen molar-refractivity contribution in [2.75, 3.05) is 7.11 Å². The topological polar surface area (TPSA) is 9.23 Å². The van der Waals surface area contributed by atoms with Gasteiger partial charge in [-0.2, -0.15) is 0 Å². The van der Waals surface area contributed by atoms with E-state index in [9.17, 15) is 0 Å². The van der Waals surface area contributed by atoms with Gasteiger partial charge in [0, 0.05) is 7.11 Å². The lowest BCUT2D eigenvalue weighted by Gasteiger charge is -2.18. The van der Waals surface area contributed by atoms with Crippen molar-refractivity contribution in [2.45, 2.75) is 38.7 Å². The molecule has 0 saturated carbocycles. The largest absolute Gasteiger partial charge is 0.377 e. The number of benzene rings is 2. The Labute approximate surface area is 121 Å². The van der Waals surface area contributed by atoms with E-state index in [4.69, 9.17) is 4.74 Å².